The zero-order valence-corrected chi connectivity index (χ0v) is 18.3. The number of hydrogen-bond acceptors (Lipinski definition) is 4. The Morgan fingerprint density at radius 1 is 0.867 bits per heavy atom. The van der Waals surface area contributed by atoms with E-state index in [4.69, 9.17) is 14.2 Å². The van der Waals surface area contributed by atoms with Gasteiger partial charge in [0.25, 0.3) is 0 Å². The molecule has 0 amide bonds. The Hall–Kier alpha value is -2.43. The summed E-state index contributed by atoms with van der Waals surface area (Å²) in [4.78, 5) is 1.28. The van der Waals surface area contributed by atoms with Crippen LogP contribution < -0.4 is 9.47 Å². The Morgan fingerprint density at radius 3 is 2.37 bits per heavy atom. The van der Waals surface area contributed by atoms with Gasteiger partial charge in [0.2, 0.25) is 0 Å². The van der Waals surface area contributed by atoms with Gasteiger partial charge in [0.15, 0.2) is 0 Å². The molecule has 1 heterocycles. The number of thioether (sulfide) groups is 1. The first-order valence-corrected chi connectivity index (χ1v) is 11.2. The molecule has 0 saturated carbocycles. The van der Waals surface area contributed by atoms with Crippen molar-refractivity contribution in [3.8, 4) is 11.5 Å². The summed E-state index contributed by atoms with van der Waals surface area (Å²) in [6, 6.07) is 27.5. The van der Waals surface area contributed by atoms with Crippen LogP contribution in [0.15, 0.2) is 83.8 Å². The molecule has 1 aliphatic heterocycles. The molecule has 3 nitrogen and oxygen atoms in total. The normalized spacial score (nSPS) is 19.4. The highest BCUT2D eigenvalue weighted by molar-refractivity contribution is 7.99. The highest BCUT2D eigenvalue weighted by atomic mass is 32.2. The molecule has 3 aromatic carbocycles. The summed E-state index contributed by atoms with van der Waals surface area (Å²) in [5, 5.41) is 0.292. The largest absolute Gasteiger partial charge is 0.497 e. The van der Waals surface area contributed by atoms with Crippen molar-refractivity contribution in [2.24, 2.45) is 11.8 Å². The van der Waals surface area contributed by atoms with Crippen molar-refractivity contribution in [1.29, 1.82) is 0 Å². The number of hydrogen-bond donors (Lipinski definition) is 0. The van der Waals surface area contributed by atoms with Gasteiger partial charge in [0.05, 0.1) is 27.4 Å². The molecule has 1 fully saturated rings. The number of benzene rings is 3. The number of methoxy groups -OCH3 is 2. The third-order valence-electron chi connectivity index (χ3n) is 5.70. The van der Waals surface area contributed by atoms with Crippen molar-refractivity contribution in [2.75, 3.05) is 27.4 Å². The molecule has 1 aliphatic rings. The minimum atomic E-state index is 0.292. The lowest BCUT2D eigenvalue weighted by atomic mass is 9.85. The van der Waals surface area contributed by atoms with Crippen LogP contribution >= 0.6 is 11.8 Å². The molecule has 0 aliphatic carbocycles. The van der Waals surface area contributed by atoms with Crippen molar-refractivity contribution >= 4 is 11.8 Å². The first-order chi connectivity index (χ1) is 14.8. The summed E-state index contributed by atoms with van der Waals surface area (Å²) in [7, 11) is 3.44. The second-order valence-corrected chi connectivity index (χ2v) is 8.86. The van der Waals surface area contributed by atoms with Gasteiger partial charge in [-0.1, -0.05) is 42.5 Å². The summed E-state index contributed by atoms with van der Waals surface area (Å²) < 4.78 is 16.9. The maximum absolute atomic E-state index is 6.02. The second-order valence-electron chi connectivity index (χ2n) is 7.65. The molecule has 0 spiro atoms. The van der Waals surface area contributed by atoms with Crippen LogP contribution in [-0.4, -0.2) is 27.4 Å². The molecule has 156 valence electrons. The fourth-order valence-electron chi connectivity index (χ4n) is 4.13. The third-order valence-corrected chi connectivity index (χ3v) is 7.12. The zero-order chi connectivity index (χ0) is 20.8. The maximum atomic E-state index is 6.02. The molecule has 3 aromatic rings. The Kier molecular flexibility index (Phi) is 6.98. The molecule has 4 heteroatoms. The molecule has 3 atom stereocenters. The third kappa shape index (κ3) is 5.00. The predicted molar refractivity (Wildman–Crippen MR) is 123 cm³/mol. The quantitative estimate of drug-likeness (QED) is 0.415. The molecule has 0 aromatic heterocycles. The van der Waals surface area contributed by atoms with Crippen molar-refractivity contribution in [3.63, 3.8) is 0 Å². The average molecular weight is 421 g/mol. The summed E-state index contributed by atoms with van der Waals surface area (Å²) in [5.41, 5.74) is 2.58. The van der Waals surface area contributed by atoms with Gasteiger partial charge in [-0.25, -0.2) is 0 Å². The SMILES string of the molecule is COc1cccc(C[C@H]2COC[C@@H]2C(Sc2ccccc2)c2cccc(OC)c2)c1. The molecule has 0 bridgehead atoms. The fourth-order valence-corrected chi connectivity index (χ4v) is 5.49. The van der Waals surface area contributed by atoms with E-state index in [1.807, 2.05) is 23.9 Å². The van der Waals surface area contributed by atoms with E-state index in [0.29, 0.717) is 17.1 Å². The standard InChI is InChI=1S/C26H28O3S/c1-27-22-10-6-8-19(15-22)14-21-17-29-18-25(21)26(30-24-12-4-3-5-13-24)20-9-7-11-23(16-20)28-2/h3-13,15-16,21,25-26H,14,17-18H2,1-2H3/t21-,25-,26?/m0/s1. The first-order valence-electron chi connectivity index (χ1n) is 10.3. The van der Waals surface area contributed by atoms with E-state index in [0.717, 1.165) is 31.1 Å². The van der Waals surface area contributed by atoms with Gasteiger partial charge in [-0.05, 0) is 59.9 Å². The van der Waals surface area contributed by atoms with E-state index >= 15 is 0 Å². The number of rotatable bonds is 8. The van der Waals surface area contributed by atoms with Crippen molar-refractivity contribution in [2.45, 2.75) is 16.6 Å². The number of ether oxygens (including phenoxy) is 3. The monoisotopic (exact) mass is 420 g/mol. The highest BCUT2D eigenvalue weighted by Gasteiger charge is 2.36. The molecule has 0 radical (unpaired) electrons. The molecular weight excluding hydrogens is 392 g/mol. The molecule has 1 unspecified atom stereocenters. The molecule has 0 N–H and O–H groups in total. The van der Waals surface area contributed by atoms with E-state index in [1.54, 1.807) is 14.2 Å². The van der Waals surface area contributed by atoms with Crippen LogP contribution in [0.3, 0.4) is 0 Å². The smallest absolute Gasteiger partial charge is 0.119 e. The van der Waals surface area contributed by atoms with E-state index in [1.165, 1.54) is 16.0 Å². The van der Waals surface area contributed by atoms with Crippen LogP contribution in [0.1, 0.15) is 16.4 Å². The molecule has 30 heavy (non-hydrogen) atoms. The van der Waals surface area contributed by atoms with Gasteiger partial charge in [-0.15, -0.1) is 11.8 Å². The van der Waals surface area contributed by atoms with Crippen molar-refractivity contribution in [1.82, 2.24) is 0 Å². The zero-order valence-electron chi connectivity index (χ0n) is 17.5. The molecule has 4 rings (SSSR count). The Morgan fingerprint density at radius 2 is 1.60 bits per heavy atom. The second kappa shape index (κ2) is 10.1. The van der Waals surface area contributed by atoms with Gasteiger partial charge in [-0.2, -0.15) is 0 Å². The Balaban J connectivity index is 1.62. The van der Waals surface area contributed by atoms with Gasteiger partial charge in [0, 0.05) is 16.1 Å². The molecule has 1 saturated heterocycles. The lowest BCUT2D eigenvalue weighted by Gasteiger charge is -2.28. The van der Waals surface area contributed by atoms with Crippen LogP contribution in [0.25, 0.3) is 0 Å². The lowest BCUT2D eigenvalue weighted by Crippen LogP contribution is -2.21. The van der Waals surface area contributed by atoms with Crippen LogP contribution in [0.5, 0.6) is 11.5 Å². The van der Waals surface area contributed by atoms with E-state index < -0.39 is 0 Å². The van der Waals surface area contributed by atoms with Gasteiger partial charge in [-0.3, -0.25) is 0 Å². The van der Waals surface area contributed by atoms with Crippen LogP contribution in [0, 0.1) is 11.8 Å². The minimum absolute atomic E-state index is 0.292. The van der Waals surface area contributed by atoms with Gasteiger partial charge in [0.1, 0.15) is 11.5 Å². The minimum Gasteiger partial charge on any atom is -0.497 e. The summed E-state index contributed by atoms with van der Waals surface area (Å²) in [5.74, 6) is 2.67. The average Bonchev–Trinajstić information content (AvgIpc) is 3.26. The Bertz CT molecular complexity index is 944. The Labute approximate surface area is 183 Å². The van der Waals surface area contributed by atoms with Crippen LogP contribution in [-0.2, 0) is 11.2 Å². The molecular formula is C26H28O3S. The first kappa shape index (κ1) is 20.8. The predicted octanol–water partition coefficient (Wildman–Crippen LogP) is 6.04. The van der Waals surface area contributed by atoms with Crippen LogP contribution in [0.2, 0.25) is 0 Å². The van der Waals surface area contributed by atoms with E-state index in [9.17, 15) is 0 Å². The fraction of sp³-hybridized carbons (Fsp3) is 0.308. The summed E-state index contributed by atoms with van der Waals surface area (Å²) in [6.07, 6.45) is 0.984. The van der Waals surface area contributed by atoms with Gasteiger partial charge < -0.3 is 14.2 Å². The maximum Gasteiger partial charge on any atom is 0.119 e. The summed E-state index contributed by atoms with van der Waals surface area (Å²) >= 11 is 1.92. The van der Waals surface area contributed by atoms with Crippen molar-refractivity contribution < 1.29 is 14.2 Å². The summed E-state index contributed by atoms with van der Waals surface area (Å²) in [6.45, 7) is 1.56. The van der Waals surface area contributed by atoms with Crippen molar-refractivity contribution in [3.05, 3.63) is 90.0 Å². The highest BCUT2D eigenvalue weighted by Crippen LogP contribution is 2.47. The van der Waals surface area contributed by atoms with Crippen LogP contribution in [0.4, 0.5) is 0 Å². The lowest BCUT2D eigenvalue weighted by molar-refractivity contribution is 0.180. The van der Waals surface area contributed by atoms with Gasteiger partial charge >= 0.3 is 0 Å². The van der Waals surface area contributed by atoms with E-state index in [-0.39, 0.29) is 0 Å². The van der Waals surface area contributed by atoms with E-state index in [2.05, 4.69) is 66.7 Å². The topological polar surface area (TPSA) is 27.7 Å².